The van der Waals surface area contributed by atoms with Gasteiger partial charge in [0.2, 0.25) is 0 Å². The number of aromatic amines is 1. The molecule has 6 heteroatoms. The molecule has 0 aliphatic carbocycles. The summed E-state index contributed by atoms with van der Waals surface area (Å²) in [5.41, 5.74) is 1.44. The zero-order valence-corrected chi connectivity index (χ0v) is 12.9. The van der Waals surface area contributed by atoms with E-state index >= 15 is 0 Å². The summed E-state index contributed by atoms with van der Waals surface area (Å²) in [5, 5.41) is 0.301. The molecule has 0 bridgehead atoms. The van der Waals surface area contributed by atoms with E-state index in [2.05, 4.69) is 4.98 Å². The average Bonchev–Trinajstić information content (AvgIpc) is 2.63. The molecule has 0 amide bonds. The third-order valence-electron chi connectivity index (χ3n) is 3.03. The van der Waals surface area contributed by atoms with Crippen LogP contribution in [0.4, 0.5) is 0 Å². The Bertz CT molecular complexity index is 791. The fourth-order valence-corrected chi connectivity index (χ4v) is 3.72. The third kappa shape index (κ3) is 2.51. The summed E-state index contributed by atoms with van der Waals surface area (Å²) in [6.45, 7) is 3.30. The number of hydrogen-bond donors (Lipinski definition) is 1. The summed E-state index contributed by atoms with van der Waals surface area (Å²) in [6.07, 6.45) is 1.09. The molecule has 4 nitrogen and oxygen atoms in total. The number of carbonyl (C=O) groups is 1. The number of hydrogen-bond acceptors (Lipinski definition) is 3. The second kappa shape index (κ2) is 5.07. The van der Waals surface area contributed by atoms with Gasteiger partial charge in [0.1, 0.15) is 0 Å². The number of aryl methyl sites for hydroxylation is 2. The molecule has 0 aliphatic rings. The minimum absolute atomic E-state index is 0.0416. The Balaban J connectivity index is 2.72. The summed E-state index contributed by atoms with van der Waals surface area (Å²) in [7, 11) is -3.50. The number of H-pyrrole nitrogens is 1. The Morgan fingerprint density at radius 3 is 2.30 bits per heavy atom. The summed E-state index contributed by atoms with van der Waals surface area (Å²) >= 11 is 6.01. The monoisotopic (exact) mass is 311 g/mol. The smallest absolute Gasteiger partial charge is 0.197 e. The molecule has 0 saturated heterocycles. The lowest BCUT2D eigenvalue weighted by molar-refractivity contribution is 0.103. The van der Waals surface area contributed by atoms with Gasteiger partial charge >= 0.3 is 0 Å². The standard InChI is InChI=1S/C14H14ClNO3S/c1-8-12(14(9(2)16-8)20(3,18)19)13(17)10-6-4-5-7-11(10)15/h4-7,16H,1-3H3. The van der Waals surface area contributed by atoms with E-state index in [9.17, 15) is 13.2 Å². The van der Waals surface area contributed by atoms with Crippen LogP contribution in [0.1, 0.15) is 27.3 Å². The van der Waals surface area contributed by atoms with Gasteiger partial charge < -0.3 is 4.98 Å². The fraction of sp³-hybridized carbons (Fsp3) is 0.214. The normalized spacial score (nSPS) is 11.6. The first-order chi connectivity index (χ1) is 9.23. The topological polar surface area (TPSA) is 67.0 Å². The van der Waals surface area contributed by atoms with Gasteiger partial charge in [-0.2, -0.15) is 0 Å². The highest BCUT2D eigenvalue weighted by molar-refractivity contribution is 7.90. The average molecular weight is 312 g/mol. The Morgan fingerprint density at radius 1 is 1.15 bits per heavy atom. The van der Waals surface area contributed by atoms with Crippen LogP contribution in [0.25, 0.3) is 0 Å². The first kappa shape index (κ1) is 14.8. The zero-order valence-electron chi connectivity index (χ0n) is 11.3. The van der Waals surface area contributed by atoms with Crippen LogP contribution in [-0.2, 0) is 9.84 Å². The number of halogens is 1. The van der Waals surface area contributed by atoms with Crippen LogP contribution in [0, 0.1) is 13.8 Å². The predicted molar refractivity (Wildman–Crippen MR) is 78.3 cm³/mol. The highest BCUT2D eigenvalue weighted by Gasteiger charge is 2.27. The summed E-state index contributed by atoms with van der Waals surface area (Å²) < 4.78 is 23.8. The Labute approximate surface area is 122 Å². The molecular formula is C14H14ClNO3S. The minimum atomic E-state index is -3.50. The fourth-order valence-electron chi connectivity index (χ4n) is 2.28. The lowest BCUT2D eigenvalue weighted by Crippen LogP contribution is -2.09. The number of nitrogens with one attached hydrogen (secondary N) is 1. The Kier molecular flexibility index (Phi) is 3.75. The summed E-state index contributed by atoms with van der Waals surface area (Å²) in [6, 6.07) is 6.59. The van der Waals surface area contributed by atoms with Crippen molar-refractivity contribution >= 4 is 27.2 Å². The van der Waals surface area contributed by atoms with Gasteiger partial charge in [0.15, 0.2) is 15.6 Å². The minimum Gasteiger partial charge on any atom is -0.361 e. The molecule has 0 radical (unpaired) electrons. The number of sulfone groups is 1. The molecule has 0 saturated carbocycles. The van der Waals surface area contributed by atoms with Gasteiger partial charge in [0.05, 0.1) is 15.5 Å². The molecule has 106 valence electrons. The van der Waals surface area contributed by atoms with Crippen LogP contribution in [0.3, 0.4) is 0 Å². The maximum atomic E-state index is 12.6. The number of carbonyl (C=O) groups excluding carboxylic acids is 1. The highest BCUT2D eigenvalue weighted by atomic mass is 35.5. The van der Waals surface area contributed by atoms with Crippen molar-refractivity contribution < 1.29 is 13.2 Å². The second-order valence-corrected chi connectivity index (χ2v) is 7.02. The summed E-state index contributed by atoms with van der Waals surface area (Å²) in [5.74, 6) is -0.391. The molecule has 1 N–H and O–H groups in total. The van der Waals surface area contributed by atoms with Crippen molar-refractivity contribution in [2.45, 2.75) is 18.7 Å². The highest BCUT2D eigenvalue weighted by Crippen LogP contribution is 2.28. The van der Waals surface area contributed by atoms with Crippen molar-refractivity contribution in [3.8, 4) is 0 Å². The van der Waals surface area contributed by atoms with Crippen LogP contribution in [0.15, 0.2) is 29.2 Å². The van der Waals surface area contributed by atoms with Crippen LogP contribution in [0.5, 0.6) is 0 Å². The molecule has 1 aromatic carbocycles. The molecule has 0 fully saturated rings. The van der Waals surface area contributed by atoms with Gasteiger partial charge in [-0.05, 0) is 26.0 Å². The van der Waals surface area contributed by atoms with E-state index in [4.69, 9.17) is 11.6 Å². The number of aromatic nitrogens is 1. The number of rotatable bonds is 3. The molecule has 0 aliphatic heterocycles. The molecule has 1 aromatic heterocycles. The Hall–Kier alpha value is -1.59. The zero-order chi connectivity index (χ0) is 15.1. The molecule has 0 atom stereocenters. The maximum Gasteiger partial charge on any atom is 0.197 e. The van der Waals surface area contributed by atoms with Crippen molar-refractivity contribution in [3.05, 3.63) is 51.8 Å². The van der Waals surface area contributed by atoms with Crippen molar-refractivity contribution in [2.75, 3.05) is 6.26 Å². The lowest BCUT2D eigenvalue weighted by atomic mass is 10.0. The van der Waals surface area contributed by atoms with Crippen molar-refractivity contribution in [3.63, 3.8) is 0 Å². The number of ketones is 1. The molecule has 20 heavy (non-hydrogen) atoms. The predicted octanol–water partition coefficient (Wildman–Crippen LogP) is 2.92. The van der Waals surface area contributed by atoms with E-state index in [0.29, 0.717) is 22.0 Å². The third-order valence-corrected chi connectivity index (χ3v) is 4.62. The second-order valence-electron chi connectivity index (χ2n) is 4.66. The lowest BCUT2D eigenvalue weighted by Gasteiger charge is -2.06. The van der Waals surface area contributed by atoms with Crippen LogP contribution < -0.4 is 0 Å². The van der Waals surface area contributed by atoms with Gasteiger partial charge in [-0.25, -0.2) is 8.42 Å². The molecule has 2 aromatic rings. The first-order valence-corrected chi connectivity index (χ1v) is 8.19. The molecule has 1 heterocycles. The van der Waals surface area contributed by atoms with E-state index in [1.165, 1.54) is 0 Å². The largest absolute Gasteiger partial charge is 0.361 e. The van der Waals surface area contributed by atoms with Crippen molar-refractivity contribution in [1.29, 1.82) is 0 Å². The molecule has 0 spiro atoms. The van der Waals surface area contributed by atoms with Crippen molar-refractivity contribution in [2.24, 2.45) is 0 Å². The van der Waals surface area contributed by atoms with Crippen LogP contribution in [-0.4, -0.2) is 25.4 Å². The quantitative estimate of drug-likeness (QED) is 0.886. The first-order valence-electron chi connectivity index (χ1n) is 5.92. The van der Waals surface area contributed by atoms with Crippen LogP contribution in [0.2, 0.25) is 5.02 Å². The molecule has 2 rings (SSSR count). The molecular weight excluding hydrogens is 298 g/mol. The van der Waals surface area contributed by atoms with E-state index in [0.717, 1.165) is 6.26 Å². The van der Waals surface area contributed by atoms with E-state index in [-0.39, 0.29) is 10.5 Å². The van der Waals surface area contributed by atoms with Crippen LogP contribution >= 0.6 is 11.6 Å². The van der Waals surface area contributed by atoms with E-state index < -0.39 is 15.6 Å². The summed E-state index contributed by atoms with van der Waals surface area (Å²) in [4.78, 5) is 15.6. The van der Waals surface area contributed by atoms with Gasteiger partial charge in [-0.15, -0.1) is 0 Å². The van der Waals surface area contributed by atoms with Gasteiger partial charge in [0, 0.05) is 23.2 Å². The van der Waals surface area contributed by atoms with Gasteiger partial charge in [0.25, 0.3) is 0 Å². The van der Waals surface area contributed by atoms with E-state index in [1.807, 2.05) is 0 Å². The maximum absolute atomic E-state index is 12.6. The van der Waals surface area contributed by atoms with Gasteiger partial charge in [-0.1, -0.05) is 23.7 Å². The van der Waals surface area contributed by atoms with Crippen molar-refractivity contribution in [1.82, 2.24) is 4.98 Å². The number of benzene rings is 1. The van der Waals surface area contributed by atoms with E-state index in [1.54, 1.807) is 38.1 Å². The van der Waals surface area contributed by atoms with Gasteiger partial charge in [-0.3, -0.25) is 4.79 Å². The Morgan fingerprint density at radius 2 is 1.75 bits per heavy atom. The SMILES string of the molecule is Cc1[nH]c(C)c(S(C)(=O)=O)c1C(=O)c1ccccc1Cl. The molecule has 0 unspecified atom stereocenters.